The van der Waals surface area contributed by atoms with Crippen LogP contribution < -0.4 is 5.56 Å². The van der Waals surface area contributed by atoms with Gasteiger partial charge in [0.15, 0.2) is 11.0 Å². The van der Waals surface area contributed by atoms with Crippen LogP contribution in [0.3, 0.4) is 0 Å². The van der Waals surface area contributed by atoms with Crippen LogP contribution in [0.15, 0.2) is 38.7 Å². The second-order valence-corrected chi connectivity index (χ2v) is 7.18. The van der Waals surface area contributed by atoms with Gasteiger partial charge >= 0.3 is 0 Å². The van der Waals surface area contributed by atoms with Gasteiger partial charge in [-0.05, 0) is 25.0 Å². The van der Waals surface area contributed by atoms with Crippen LogP contribution in [0.1, 0.15) is 38.4 Å². The number of benzene rings is 1. The van der Waals surface area contributed by atoms with Gasteiger partial charge < -0.3 is 4.52 Å². The van der Waals surface area contributed by atoms with E-state index in [4.69, 9.17) is 4.52 Å². The minimum absolute atomic E-state index is 0.0359. The molecule has 0 fully saturated rings. The third-order valence-electron chi connectivity index (χ3n) is 4.23. The van der Waals surface area contributed by atoms with Gasteiger partial charge in [-0.1, -0.05) is 42.9 Å². The Morgan fingerprint density at radius 3 is 2.81 bits per heavy atom. The fraction of sp³-hybridized carbons (Fsp3) is 0.389. The van der Waals surface area contributed by atoms with E-state index in [1.807, 2.05) is 35.6 Å². The molecule has 1 aromatic carbocycles. The smallest absolute Gasteiger partial charge is 0.262 e. The monoisotopic (exact) mass is 384 g/mol. The van der Waals surface area contributed by atoms with Gasteiger partial charge in [0.05, 0.1) is 16.7 Å². The molecule has 8 nitrogen and oxygen atoms in total. The highest BCUT2D eigenvalue weighted by atomic mass is 32.2. The summed E-state index contributed by atoms with van der Waals surface area (Å²) in [6.45, 7) is 4.71. The summed E-state index contributed by atoms with van der Waals surface area (Å²) in [6.07, 6.45) is 2.58. The Labute approximate surface area is 159 Å². The molecule has 9 heteroatoms. The molecule has 0 aliphatic carbocycles. The Morgan fingerprint density at radius 1 is 1.15 bits per heavy atom. The van der Waals surface area contributed by atoms with E-state index in [2.05, 4.69) is 27.3 Å². The first-order valence-corrected chi connectivity index (χ1v) is 10.0. The van der Waals surface area contributed by atoms with Crippen LogP contribution in [-0.4, -0.2) is 29.3 Å². The molecule has 0 unspecified atom stereocenters. The molecule has 0 spiro atoms. The van der Waals surface area contributed by atoms with E-state index in [0.717, 1.165) is 24.8 Å². The number of para-hydroxylation sites is 1. The van der Waals surface area contributed by atoms with E-state index in [-0.39, 0.29) is 5.56 Å². The molecule has 4 rings (SSSR count). The Bertz CT molecular complexity index is 1150. The third kappa shape index (κ3) is 3.23. The number of fused-ring (bicyclic) bond motifs is 3. The average molecular weight is 384 g/mol. The summed E-state index contributed by atoms with van der Waals surface area (Å²) in [6, 6.07) is 7.54. The number of aryl methyl sites for hydroxylation is 2. The zero-order valence-corrected chi connectivity index (χ0v) is 16.1. The van der Waals surface area contributed by atoms with Crippen LogP contribution in [-0.2, 0) is 18.7 Å². The van der Waals surface area contributed by atoms with Crippen LogP contribution in [0, 0.1) is 0 Å². The lowest BCUT2D eigenvalue weighted by Gasteiger charge is -2.10. The second kappa shape index (κ2) is 7.51. The van der Waals surface area contributed by atoms with Gasteiger partial charge in [-0.3, -0.25) is 13.8 Å². The Hall–Kier alpha value is -2.68. The molecule has 0 radical (unpaired) electrons. The molecule has 0 amide bonds. The van der Waals surface area contributed by atoms with E-state index >= 15 is 0 Å². The second-order valence-electron chi connectivity index (χ2n) is 6.23. The van der Waals surface area contributed by atoms with Crippen molar-refractivity contribution in [2.75, 3.05) is 0 Å². The van der Waals surface area contributed by atoms with Crippen molar-refractivity contribution in [1.82, 2.24) is 29.3 Å². The van der Waals surface area contributed by atoms with Crippen molar-refractivity contribution in [3.63, 3.8) is 0 Å². The van der Waals surface area contributed by atoms with Gasteiger partial charge in [0.1, 0.15) is 0 Å². The quantitative estimate of drug-likeness (QED) is 0.452. The predicted molar refractivity (Wildman–Crippen MR) is 103 cm³/mol. The number of hydrogen-bond acceptors (Lipinski definition) is 7. The van der Waals surface area contributed by atoms with E-state index < -0.39 is 0 Å². The Balaban J connectivity index is 1.76. The summed E-state index contributed by atoms with van der Waals surface area (Å²) in [5.74, 6) is 2.37. The zero-order chi connectivity index (χ0) is 18.8. The highest BCUT2D eigenvalue weighted by molar-refractivity contribution is 7.98. The summed E-state index contributed by atoms with van der Waals surface area (Å²) < 4.78 is 8.86. The van der Waals surface area contributed by atoms with Gasteiger partial charge in [-0.25, -0.2) is 0 Å². The highest BCUT2D eigenvalue weighted by Gasteiger charge is 2.17. The summed E-state index contributed by atoms with van der Waals surface area (Å²) in [4.78, 5) is 17.2. The molecular formula is C18H20N6O2S. The van der Waals surface area contributed by atoms with Gasteiger partial charge in [0.25, 0.3) is 5.56 Å². The van der Waals surface area contributed by atoms with Crippen molar-refractivity contribution in [3.05, 3.63) is 46.3 Å². The van der Waals surface area contributed by atoms with Crippen molar-refractivity contribution >= 4 is 28.4 Å². The van der Waals surface area contributed by atoms with Crippen molar-refractivity contribution in [3.8, 4) is 0 Å². The SMILES string of the molecule is CCCc1nc(CSc2nnc3n(CCC)c(=O)c4ccccc4n23)no1. The number of thioether (sulfide) groups is 1. The van der Waals surface area contributed by atoms with Crippen molar-refractivity contribution in [2.24, 2.45) is 0 Å². The molecule has 3 aromatic heterocycles. The molecular weight excluding hydrogens is 364 g/mol. The lowest BCUT2D eigenvalue weighted by atomic mass is 10.2. The molecule has 0 aliphatic heterocycles. The van der Waals surface area contributed by atoms with Crippen LogP contribution in [0.4, 0.5) is 0 Å². The van der Waals surface area contributed by atoms with Crippen molar-refractivity contribution < 1.29 is 4.52 Å². The first-order chi connectivity index (χ1) is 13.2. The topological polar surface area (TPSA) is 91.1 Å². The average Bonchev–Trinajstić information content (AvgIpc) is 3.31. The maximum absolute atomic E-state index is 12.8. The van der Waals surface area contributed by atoms with Crippen LogP contribution in [0.25, 0.3) is 16.7 Å². The summed E-state index contributed by atoms with van der Waals surface area (Å²) in [5, 5.41) is 14.0. The van der Waals surface area contributed by atoms with Gasteiger partial charge in [0, 0.05) is 13.0 Å². The number of aromatic nitrogens is 6. The highest BCUT2D eigenvalue weighted by Crippen LogP contribution is 2.24. The molecule has 0 bridgehead atoms. The first-order valence-electron chi connectivity index (χ1n) is 9.03. The molecule has 0 saturated carbocycles. The Kier molecular flexibility index (Phi) is 4.93. The lowest BCUT2D eigenvalue weighted by Crippen LogP contribution is -2.23. The van der Waals surface area contributed by atoms with Crippen LogP contribution in [0.2, 0.25) is 0 Å². The largest absolute Gasteiger partial charge is 0.339 e. The van der Waals surface area contributed by atoms with E-state index in [0.29, 0.717) is 40.3 Å². The molecule has 0 aliphatic rings. The summed E-state index contributed by atoms with van der Waals surface area (Å²) in [5.41, 5.74) is 0.767. The predicted octanol–water partition coefficient (Wildman–Crippen LogP) is 3.08. The van der Waals surface area contributed by atoms with Crippen molar-refractivity contribution in [2.45, 2.75) is 50.6 Å². The van der Waals surface area contributed by atoms with E-state index in [1.54, 1.807) is 4.57 Å². The van der Waals surface area contributed by atoms with E-state index in [9.17, 15) is 4.79 Å². The fourth-order valence-corrected chi connectivity index (χ4v) is 3.83. The Morgan fingerprint density at radius 2 is 2.00 bits per heavy atom. The number of hydrogen-bond donors (Lipinski definition) is 0. The van der Waals surface area contributed by atoms with Crippen molar-refractivity contribution in [1.29, 1.82) is 0 Å². The molecule has 140 valence electrons. The third-order valence-corrected chi connectivity index (χ3v) is 5.15. The van der Waals surface area contributed by atoms with Crippen LogP contribution >= 0.6 is 11.8 Å². The zero-order valence-electron chi connectivity index (χ0n) is 15.3. The summed E-state index contributed by atoms with van der Waals surface area (Å²) in [7, 11) is 0. The van der Waals surface area contributed by atoms with E-state index in [1.165, 1.54) is 11.8 Å². The van der Waals surface area contributed by atoms with Gasteiger partial charge in [-0.2, -0.15) is 4.98 Å². The maximum atomic E-state index is 12.8. The van der Waals surface area contributed by atoms with Gasteiger partial charge in [-0.15, -0.1) is 10.2 Å². The minimum Gasteiger partial charge on any atom is -0.339 e. The standard InChI is InChI=1S/C18H20N6O2S/c1-3-7-15-19-14(22-26-15)11-27-18-21-20-17-23(10-4-2)16(25)12-8-5-6-9-13(12)24(17)18/h5-6,8-9H,3-4,7,10-11H2,1-2H3. The minimum atomic E-state index is -0.0359. The summed E-state index contributed by atoms with van der Waals surface area (Å²) >= 11 is 1.48. The first kappa shape index (κ1) is 17.7. The number of rotatable bonds is 7. The van der Waals surface area contributed by atoms with Gasteiger partial charge in [0.2, 0.25) is 11.7 Å². The molecule has 0 saturated heterocycles. The fourth-order valence-electron chi connectivity index (χ4n) is 3.05. The normalized spacial score (nSPS) is 11.6. The van der Waals surface area contributed by atoms with Crippen LogP contribution in [0.5, 0.6) is 0 Å². The lowest BCUT2D eigenvalue weighted by molar-refractivity contribution is 0.373. The maximum Gasteiger partial charge on any atom is 0.262 e. The molecule has 4 aromatic rings. The molecule has 0 atom stereocenters. The molecule has 0 N–H and O–H groups in total. The number of nitrogens with zero attached hydrogens (tertiary/aromatic N) is 6. The molecule has 27 heavy (non-hydrogen) atoms. The molecule has 3 heterocycles.